The van der Waals surface area contributed by atoms with Gasteiger partial charge in [-0.15, -0.1) is 0 Å². The van der Waals surface area contributed by atoms with E-state index in [0.717, 1.165) is 5.56 Å². The Morgan fingerprint density at radius 2 is 1.55 bits per heavy atom. The summed E-state index contributed by atoms with van der Waals surface area (Å²) in [4.78, 5) is -0.252. The van der Waals surface area contributed by atoms with Gasteiger partial charge in [0.25, 0.3) is 10.1 Å². The van der Waals surface area contributed by atoms with E-state index in [0.29, 0.717) is 0 Å². The largest absolute Gasteiger partial charge is 0.358 e. The molecule has 0 saturated heterocycles. The molecule has 0 fully saturated rings. The van der Waals surface area contributed by atoms with E-state index in [-0.39, 0.29) is 4.90 Å². The molecule has 0 heterocycles. The quantitative estimate of drug-likeness (QED) is 0.524. The summed E-state index contributed by atoms with van der Waals surface area (Å²) in [6, 6.07) is 5.64. The lowest BCUT2D eigenvalue weighted by Gasteiger charge is -2.22. The van der Waals surface area contributed by atoms with E-state index in [1.54, 1.807) is 19.1 Å². The first kappa shape index (κ1) is 16.1. The van der Waals surface area contributed by atoms with Crippen molar-refractivity contribution in [3.8, 4) is 0 Å². The van der Waals surface area contributed by atoms with Crippen LogP contribution in [0.2, 0.25) is 0 Å². The fourth-order valence-electron chi connectivity index (χ4n) is 1.47. The summed E-state index contributed by atoms with van der Waals surface area (Å²) >= 11 is 0. The summed E-state index contributed by atoms with van der Waals surface area (Å²) in [5.41, 5.74) is 0.828. The molecule has 126 valence electrons. The first-order valence-corrected chi connectivity index (χ1v) is 9.73. The Bertz CT molecular complexity index is 686. The van der Waals surface area contributed by atoms with Crippen molar-refractivity contribution in [1.29, 1.82) is 0 Å². The monoisotopic (exact) mass is 352 g/mol. The van der Waals surface area contributed by atoms with Crippen molar-refractivity contribution in [2.45, 2.75) is 51.7 Å². The molecule has 0 bridgehead atoms. The topological polar surface area (TPSA) is 78.9 Å². The normalized spacial score (nSPS) is 15.0. The van der Waals surface area contributed by atoms with Gasteiger partial charge in [0.2, 0.25) is 0 Å². The maximum Gasteiger partial charge on any atom is 0.358 e. The molecule has 0 aromatic heterocycles. The van der Waals surface area contributed by atoms with E-state index in [4.69, 9.17) is 11.8 Å². The maximum absolute atomic E-state index is 12.8. The highest BCUT2D eigenvalue weighted by Crippen LogP contribution is 2.50. The molecule has 1 rings (SSSR count). The van der Waals surface area contributed by atoms with Crippen LogP contribution >= 0.6 is 7.60 Å². The molecule has 0 unspecified atom stereocenters. The van der Waals surface area contributed by atoms with Crippen molar-refractivity contribution in [3.63, 3.8) is 0 Å². The van der Waals surface area contributed by atoms with E-state index in [2.05, 4.69) is 4.18 Å². The van der Waals surface area contributed by atoms with E-state index >= 15 is 0 Å². The molecular weight excluding hydrogens is 327 g/mol. The minimum atomic E-state index is -4.53. The van der Waals surface area contributed by atoms with Crippen LogP contribution in [0.4, 0.5) is 0 Å². The molecule has 22 heavy (non-hydrogen) atoms. The molecule has 1 aromatic rings. The zero-order chi connectivity index (χ0) is 18.8. The summed E-state index contributed by atoms with van der Waals surface area (Å²) < 4.78 is 67.9. The maximum atomic E-state index is 12.8. The minimum Gasteiger partial charge on any atom is -0.304 e. The summed E-state index contributed by atoms with van der Waals surface area (Å²) in [6.07, 6.45) is -4.49. The van der Waals surface area contributed by atoms with E-state index in [1.807, 2.05) is 0 Å². The van der Waals surface area contributed by atoms with Gasteiger partial charge in [-0.2, -0.15) is 8.42 Å². The number of aryl methyl sites for hydroxylation is 1. The van der Waals surface area contributed by atoms with Crippen LogP contribution in [0.1, 0.15) is 36.0 Å². The highest BCUT2D eigenvalue weighted by atomic mass is 32.2. The zero-order valence-corrected chi connectivity index (χ0v) is 15.0. The number of benzene rings is 1. The third kappa shape index (κ3) is 6.18. The Labute approximate surface area is 135 Å². The van der Waals surface area contributed by atoms with E-state index in [1.165, 1.54) is 39.8 Å². The van der Waals surface area contributed by atoms with Gasteiger partial charge in [0.05, 0.1) is 19.8 Å². The molecule has 6 nitrogen and oxygen atoms in total. The number of hydrogen-bond donors (Lipinski definition) is 0. The highest BCUT2D eigenvalue weighted by Gasteiger charge is 2.31. The molecule has 0 aliphatic heterocycles. The lowest BCUT2D eigenvalue weighted by atomic mass is 10.2. The Balaban J connectivity index is 3.19. The second-order valence-electron chi connectivity index (χ2n) is 5.25. The van der Waals surface area contributed by atoms with Gasteiger partial charge in [-0.3, -0.25) is 8.75 Å². The van der Waals surface area contributed by atoms with Crippen LogP contribution in [0.25, 0.3) is 0 Å². The van der Waals surface area contributed by atoms with Crippen LogP contribution in [0, 0.1) is 6.92 Å². The Kier molecular flexibility index (Phi) is 5.66. The van der Waals surface area contributed by atoms with Crippen molar-refractivity contribution in [3.05, 3.63) is 29.8 Å². The standard InChI is InChI=1S/C14H23O6PS/c1-11(2)19-21(15,20-12(3)4)10-18-22(16,17)14-8-6-13(5)7-9-14/h6-9,11-12H,10H2,1-5H3/i10D2. The molecule has 0 spiro atoms. The number of hydrogen-bond acceptors (Lipinski definition) is 6. The predicted octanol–water partition coefficient (Wildman–Crippen LogP) is 3.70. The van der Waals surface area contributed by atoms with E-state index in [9.17, 15) is 13.0 Å². The van der Waals surface area contributed by atoms with Gasteiger partial charge in [-0.1, -0.05) is 17.7 Å². The van der Waals surface area contributed by atoms with Crippen molar-refractivity contribution >= 4 is 17.7 Å². The van der Waals surface area contributed by atoms with Gasteiger partial charge in [0.1, 0.15) is 0 Å². The molecule has 0 aliphatic carbocycles. The Morgan fingerprint density at radius 3 is 1.95 bits per heavy atom. The van der Waals surface area contributed by atoms with Gasteiger partial charge in [0, 0.05) is 0 Å². The SMILES string of the molecule is [2H]C([2H])(OS(=O)(=O)c1ccc(C)cc1)P(=O)(OC(C)C)OC(C)C. The van der Waals surface area contributed by atoms with Gasteiger partial charge in [0.15, 0.2) is 6.30 Å². The molecular formula is C14H23O6PS. The summed E-state index contributed by atoms with van der Waals surface area (Å²) in [5.74, 6) is 0. The molecule has 0 saturated carbocycles. The fourth-order valence-corrected chi connectivity index (χ4v) is 4.04. The summed E-state index contributed by atoms with van der Waals surface area (Å²) in [7, 11) is -9.03. The van der Waals surface area contributed by atoms with Crippen molar-refractivity contribution in [1.82, 2.24) is 0 Å². The van der Waals surface area contributed by atoms with Crippen molar-refractivity contribution in [2.75, 3.05) is 6.30 Å². The van der Waals surface area contributed by atoms with Gasteiger partial charge in [-0.05, 0) is 46.8 Å². The highest BCUT2D eigenvalue weighted by molar-refractivity contribution is 7.87. The second kappa shape index (κ2) is 7.70. The van der Waals surface area contributed by atoms with Crippen LogP contribution in [0.15, 0.2) is 29.2 Å². The van der Waals surface area contributed by atoms with Gasteiger partial charge < -0.3 is 9.05 Å². The third-order valence-corrected chi connectivity index (χ3v) is 5.26. The van der Waals surface area contributed by atoms with Crippen LogP contribution < -0.4 is 0 Å². The molecule has 8 heteroatoms. The zero-order valence-electron chi connectivity index (χ0n) is 15.3. The minimum absolute atomic E-state index is 0.252. The smallest absolute Gasteiger partial charge is 0.304 e. The Hall–Kier alpha value is -0.720. The lowest BCUT2D eigenvalue weighted by Crippen LogP contribution is -2.14. The first-order valence-electron chi connectivity index (χ1n) is 7.78. The molecule has 1 aromatic carbocycles. The van der Waals surface area contributed by atoms with Crippen LogP contribution in [0.3, 0.4) is 0 Å². The molecule has 0 aliphatic rings. The third-order valence-electron chi connectivity index (χ3n) is 2.27. The molecule has 0 N–H and O–H groups in total. The summed E-state index contributed by atoms with van der Waals surface area (Å²) in [5, 5.41) is 0. The first-order chi connectivity index (χ1) is 10.8. The molecule has 0 radical (unpaired) electrons. The van der Waals surface area contributed by atoms with Crippen LogP contribution in [0.5, 0.6) is 0 Å². The summed E-state index contributed by atoms with van der Waals surface area (Å²) in [6.45, 7) is 7.89. The lowest BCUT2D eigenvalue weighted by molar-refractivity contribution is 0.129. The van der Waals surface area contributed by atoms with Crippen LogP contribution in [-0.2, 0) is 27.9 Å². The Morgan fingerprint density at radius 1 is 1.09 bits per heavy atom. The molecule has 0 atom stereocenters. The van der Waals surface area contributed by atoms with Crippen molar-refractivity contribution < 1.29 is 29.0 Å². The average Bonchev–Trinajstić information content (AvgIpc) is 2.35. The number of rotatable bonds is 8. The van der Waals surface area contributed by atoms with Gasteiger partial charge in [-0.25, -0.2) is 0 Å². The van der Waals surface area contributed by atoms with Crippen molar-refractivity contribution in [2.24, 2.45) is 0 Å². The second-order valence-corrected chi connectivity index (χ2v) is 8.39. The van der Waals surface area contributed by atoms with Gasteiger partial charge >= 0.3 is 7.60 Å². The fraction of sp³-hybridized carbons (Fsp3) is 0.571. The average molecular weight is 352 g/mol. The predicted molar refractivity (Wildman–Crippen MR) is 84.4 cm³/mol. The van der Waals surface area contributed by atoms with Crippen LogP contribution in [-0.4, -0.2) is 26.9 Å². The van der Waals surface area contributed by atoms with E-state index < -0.39 is 36.2 Å². The molecule has 0 amide bonds.